The standard InChI is InChI=1S/C23H24N4O4S2/c1-5-6-9-27-12-24-21-18(22(27)29)13(2)19(33-21)20(28)26-23-25-16(11-32-23)15-10-14(30-3)7-8-17(15)31-4/h7-8,10-12H,5-6,9H2,1-4H3,(H,25,26,28). The average molecular weight is 485 g/mol. The summed E-state index contributed by atoms with van der Waals surface area (Å²) in [5, 5.41) is 5.65. The van der Waals surface area contributed by atoms with Gasteiger partial charge in [0, 0.05) is 17.5 Å². The van der Waals surface area contributed by atoms with Crippen LogP contribution in [0, 0.1) is 6.92 Å². The fraction of sp³-hybridized carbons (Fsp3) is 0.304. The first-order valence-corrected chi connectivity index (χ1v) is 12.1. The summed E-state index contributed by atoms with van der Waals surface area (Å²) < 4.78 is 12.4. The molecule has 0 fully saturated rings. The second-order valence-electron chi connectivity index (χ2n) is 7.39. The van der Waals surface area contributed by atoms with E-state index in [1.165, 1.54) is 22.7 Å². The predicted molar refractivity (Wildman–Crippen MR) is 132 cm³/mol. The third-order valence-electron chi connectivity index (χ3n) is 5.28. The van der Waals surface area contributed by atoms with Crippen molar-refractivity contribution in [3.8, 4) is 22.8 Å². The molecule has 0 aliphatic carbocycles. The van der Waals surface area contributed by atoms with E-state index >= 15 is 0 Å². The topological polar surface area (TPSA) is 95.3 Å². The largest absolute Gasteiger partial charge is 0.497 e. The van der Waals surface area contributed by atoms with Crippen molar-refractivity contribution in [2.24, 2.45) is 0 Å². The number of ether oxygens (including phenoxy) is 2. The summed E-state index contributed by atoms with van der Waals surface area (Å²) >= 11 is 2.53. The lowest BCUT2D eigenvalue weighted by Gasteiger charge is -2.08. The Morgan fingerprint density at radius 3 is 2.79 bits per heavy atom. The molecule has 1 amide bonds. The molecule has 1 aromatic carbocycles. The van der Waals surface area contributed by atoms with E-state index in [0.717, 1.165) is 18.4 Å². The molecule has 0 saturated heterocycles. The second-order valence-corrected chi connectivity index (χ2v) is 9.25. The van der Waals surface area contributed by atoms with E-state index < -0.39 is 0 Å². The number of thiophene rings is 1. The van der Waals surface area contributed by atoms with E-state index in [9.17, 15) is 9.59 Å². The predicted octanol–water partition coefficient (Wildman–Crippen LogP) is 4.96. The molecule has 0 saturated carbocycles. The highest BCUT2D eigenvalue weighted by molar-refractivity contribution is 7.21. The van der Waals surface area contributed by atoms with Crippen LogP contribution in [-0.4, -0.2) is 34.7 Å². The minimum absolute atomic E-state index is 0.108. The molecule has 1 N–H and O–H groups in total. The number of hydrogen-bond acceptors (Lipinski definition) is 8. The number of nitrogens with one attached hydrogen (secondary N) is 1. The highest BCUT2D eigenvalue weighted by Crippen LogP contribution is 2.35. The minimum Gasteiger partial charge on any atom is -0.497 e. The molecule has 3 aromatic heterocycles. The van der Waals surface area contributed by atoms with Crippen LogP contribution >= 0.6 is 22.7 Å². The molecule has 172 valence electrons. The van der Waals surface area contributed by atoms with Gasteiger partial charge in [0.25, 0.3) is 11.5 Å². The fourth-order valence-corrected chi connectivity index (χ4v) is 5.23. The molecule has 10 heteroatoms. The third kappa shape index (κ3) is 4.49. The first-order valence-electron chi connectivity index (χ1n) is 10.4. The molecule has 33 heavy (non-hydrogen) atoms. The number of unbranched alkanes of at least 4 members (excludes halogenated alkanes) is 1. The molecule has 0 aliphatic heterocycles. The Morgan fingerprint density at radius 1 is 1.24 bits per heavy atom. The van der Waals surface area contributed by atoms with Crippen molar-refractivity contribution < 1.29 is 14.3 Å². The summed E-state index contributed by atoms with van der Waals surface area (Å²) in [6, 6.07) is 5.46. The van der Waals surface area contributed by atoms with Gasteiger partial charge in [-0.2, -0.15) is 0 Å². The number of thiazole rings is 1. The molecule has 0 atom stereocenters. The van der Waals surface area contributed by atoms with Gasteiger partial charge in [-0.25, -0.2) is 9.97 Å². The summed E-state index contributed by atoms with van der Waals surface area (Å²) in [6.45, 7) is 4.48. The van der Waals surface area contributed by atoms with Crippen LogP contribution in [-0.2, 0) is 6.54 Å². The van der Waals surface area contributed by atoms with Crippen LogP contribution in [0.4, 0.5) is 5.13 Å². The van der Waals surface area contributed by atoms with Crippen LogP contribution in [0.5, 0.6) is 11.5 Å². The second kappa shape index (κ2) is 9.72. The van der Waals surface area contributed by atoms with Crippen molar-refractivity contribution in [3.05, 3.63) is 50.7 Å². The minimum atomic E-state index is -0.312. The van der Waals surface area contributed by atoms with Gasteiger partial charge in [0.2, 0.25) is 0 Å². The number of rotatable bonds is 8. The normalized spacial score (nSPS) is 11.0. The van der Waals surface area contributed by atoms with Crippen LogP contribution in [0.2, 0.25) is 0 Å². The SMILES string of the molecule is CCCCn1cnc2sc(C(=O)Nc3nc(-c4cc(OC)ccc4OC)cs3)c(C)c2c1=O. The molecule has 4 aromatic rings. The van der Waals surface area contributed by atoms with Crippen LogP contribution in [0.15, 0.2) is 34.7 Å². The summed E-state index contributed by atoms with van der Waals surface area (Å²) in [5.41, 5.74) is 1.97. The molecule has 0 radical (unpaired) electrons. The number of carbonyl (C=O) groups excluding carboxylic acids is 1. The number of anilines is 1. The number of aromatic nitrogens is 3. The number of aryl methyl sites for hydroxylation is 2. The average Bonchev–Trinajstić information content (AvgIpc) is 3.42. The highest BCUT2D eigenvalue weighted by Gasteiger charge is 2.21. The number of fused-ring (bicyclic) bond motifs is 1. The van der Waals surface area contributed by atoms with E-state index in [4.69, 9.17) is 9.47 Å². The van der Waals surface area contributed by atoms with Crippen molar-refractivity contribution in [2.75, 3.05) is 19.5 Å². The van der Waals surface area contributed by atoms with Gasteiger partial charge in [0.1, 0.15) is 16.3 Å². The van der Waals surface area contributed by atoms with Gasteiger partial charge in [-0.1, -0.05) is 13.3 Å². The Balaban J connectivity index is 1.61. The summed E-state index contributed by atoms with van der Waals surface area (Å²) in [4.78, 5) is 35.9. The lowest BCUT2D eigenvalue weighted by Crippen LogP contribution is -2.20. The first kappa shape index (κ1) is 22.9. The first-order chi connectivity index (χ1) is 16.0. The number of nitrogens with zero attached hydrogens (tertiary/aromatic N) is 3. The van der Waals surface area contributed by atoms with Gasteiger partial charge in [-0.3, -0.25) is 19.5 Å². The zero-order valence-corrected chi connectivity index (χ0v) is 20.4. The molecular weight excluding hydrogens is 460 g/mol. The van der Waals surface area contributed by atoms with E-state index in [2.05, 4.69) is 22.2 Å². The Bertz CT molecular complexity index is 1370. The molecular formula is C23H24N4O4S2. The zero-order chi connectivity index (χ0) is 23.5. The van der Waals surface area contributed by atoms with E-state index in [-0.39, 0.29) is 11.5 Å². The Kier molecular flexibility index (Phi) is 6.75. The molecule has 0 spiro atoms. The monoisotopic (exact) mass is 484 g/mol. The lowest BCUT2D eigenvalue weighted by molar-refractivity contribution is 0.103. The van der Waals surface area contributed by atoms with Gasteiger partial charge in [-0.05, 0) is 37.1 Å². The van der Waals surface area contributed by atoms with Gasteiger partial charge < -0.3 is 9.47 Å². The van der Waals surface area contributed by atoms with E-state index in [0.29, 0.717) is 49.5 Å². The number of methoxy groups -OCH3 is 2. The quantitative estimate of drug-likeness (QED) is 0.380. The smallest absolute Gasteiger partial charge is 0.267 e. The lowest BCUT2D eigenvalue weighted by atomic mass is 10.1. The van der Waals surface area contributed by atoms with Gasteiger partial charge in [0.15, 0.2) is 5.13 Å². The van der Waals surface area contributed by atoms with Crippen LogP contribution < -0.4 is 20.3 Å². The molecule has 0 unspecified atom stereocenters. The Morgan fingerprint density at radius 2 is 2.06 bits per heavy atom. The fourth-order valence-electron chi connectivity index (χ4n) is 3.49. The van der Waals surface area contributed by atoms with Crippen LogP contribution in [0.25, 0.3) is 21.5 Å². The van der Waals surface area contributed by atoms with Crippen LogP contribution in [0.1, 0.15) is 35.0 Å². The highest BCUT2D eigenvalue weighted by atomic mass is 32.1. The molecule has 4 rings (SSSR count). The summed E-state index contributed by atoms with van der Waals surface area (Å²) in [5.74, 6) is 1.03. The zero-order valence-electron chi connectivity index (χ0n) is 18.8. The summed E-state index contributed by atoms with van der Waals surface area (Å²) in [7, 11) is 3.19. The van der Waals surface area contributed by atoms with E-state index in [1.807, 2.05) is 23.6 Å². The summed E-state index contributed by atoms with van der Waals surface area (Å²) in [6.07, 6.45) is 3.44. The number of benzene rings is 1. The van der Waals surface area contributed by atoms with Crippen molar-refractivity contribution in [3.63, 3.8) is 0 Å². The molecule has 0 bridgehead atoms. The molecule has 0 aliphatic rings. The Labute approximate surface area is 198 Å². The van der Waals surface area contributed by atoms with Crippen molar-refractivity contribution in [2.45, 2.75) is 33.2 Å². The molecule has 8 nitrogen and oxygen atoms in total. The van der Waals surface area contributed by atoms with Crippen molar-refractivity contribution in [1.29, 1.82) is 0 Å². The van der Waals surface area contributed by atoms with Crippen LogP contribution in [0.3, 0.4) is 0 Å². The van der Waals surface area contributed by atoms with Gasteiger partial charge in [0.05, 0.1) is 36.5 Å². The number of amides is 1. The van der Waals surface area contributed by atoms with Crippen molar-refractivity contribution >= 4 is 43.9 Å². The maximum absolute atomic E-state index is 13.0. The number of carbonyl (C=O) groups is 1. The number of hydrogen-bond donors (Lipinski definition) is 1. The van der Waals surface area contributed by atoms with Gasteiger partial charge in [-0.15, -0.1) is 22.7 Å². The Hall–Kier alpha value is -3.24. The molecule has 3 heterocycles. The third-order valence-corrected chi connectivity index (χ3v) is 7.24. The van der Waals surface area contributed by atoms with E-state index in [1.54, 1.807) is 32.0 Å². The maximum Gasteiger partial charge on any atom is 0.267 e. The van der Waals surface area contributed by atoms with Crippen molar-refractivity contribution in [1.82, 2.24) is 14.5 Å². The van der Waals surface area contributed by atoms with Gasteiger partial charge >= 0.3 is 0 Å². The maximum atomic E-state index is 13.0.